The van der Waals surface area contributed by atoms with E-state index in [-0.39, 0.29) is 48.9 Å². The van der Waals surface area contributed by atoms with E-state index < -0.39 is 126 Å². The summed E-state index contributed by atoms with van der Waals surface area (Å²) in [6.07, 6.45) is -13.1. The molecule has 2 aromatic heterocycles. The van der Waals surface area contributed by atoms with Crippen molar-refractivity contribution >= 4 is 69.1 Å². The summed E-state index contributed by atoms with van der Waals surface area (Å²) in [5, 5.41) is 46.5. The van der Waals surface area contributed by atoms with Gasteiger partial charge < -0.3 is 80.1 Å². The van der Waals surface area contributed by atoms with Gasteiger partial charge in [0.25, 0.3) is 0 Å². The van der Waals surface area contributed by atoms with Crippen LogP contribution in [0.3, 0.4) is 0 Å². The molecule has 0 aromatic carbocycles. The molecule has 2 amide bonds. The van der Waals surface area contributed by atoms with Gasteiger partial charge in [-0.1, -0.05) is 25.6 Å². The number of aromatic nitrogens is 4. The summed E-state index contributed by atoms with van der Waals surface area (Å²) in [6, 6.07) is 0. The van der Waals surface area contributed by atoms with Crippen molar-refractivity contribution in [2.45, 2.75) is 94.3 Å². The predicted octanol–water partition coefficient (Wildman–Crippen LogP) is -3.11. The number of amides is 2. The Labute approximate surface area is 372 Å². The fourth-order valence-corrected chi connectivity index (χ4v) is 10.0. The Morgan fingerprint density at radius 2 is 1.71 bits per heavy atom. The number of thioether (sulfide) groups is 1. The van der Waals surface area contributed by atoms with Gasteiger partial charge in [0, 0.05) is 37.8 Å². The fourth-order valence-electron chi connectivity index (χ4n) is 6.43. The Kier molecular flexibility index (Phi) is 17.5. The third-order valence-electron chi connectivity index (χ3n) is 9.86. The lowest BCUT2D eigenvalue weighted by Crippen LogP contribution is -2.66. The molecule has 3 fully saturated rings. The number of nitrogens with zero attached hydrogens (tertiary/aromatic N) is 4. The standard InChI is InChI=1S/C31H50N7O23P3S/c1-30(2,23(43)26(44)34-6-5-16(39)33-7-8-65-29(45)31(3)54-9-14-21(59-31)18(40)19(41)28(53-4)58-14)11-56-64(51,52)61-63(49,50)55-10-15-22(60-62(46,47)48)20(42)27(57-15)38-13-37-17-24(32)35-12-36-25(17)38/h12-15,18-23,27-28,40-43H,5-11H2,1-4H3,(H,33,39)(H,34,44)(H,49,50)(H,51,52)(H2,32,35,36)(H2,46,47,48)/t14-,15?,18-,19-,20?,21+,22?,23?,27?,28-,31-/m1/s1. The molecule has 65 heavy (non-hydrogen) atoms. The number of phosphoric acid groups is 3. The summed E-state index contributed by atoms with van der Waals surface area (Å²) in [5.74, 6) is -3.38. The molecule has 0 spiro atoms. The molecule has 368 valence electrons. The highest BCUT2D eigenvalue weighted by atomic mass is 32.2. The van der Waals surface area contributed by atoms with Crippen LogP contribution in [0.15, 0.2) is 12.7 Å². The number of fused-ring (bicyclic) bond motifs is 2. The minimum Gasteiger partial charge on any atom is -0.387 e. The highest BCUT2D eigenvalue weighted by Crippen LogP contribution is 2.61. The maximum Gasteiger partial charge on any atom is 0.481 e. The van der Waals surface area contributed by atoms with E-state index in [0.717, 1.165) is 29.0 Å². The number of nitrogen functional groups attached to an aromatic ring is 1. The van der Waals surface area contributed by atoms with Gasteiger partial charge in [-0.25, -0.2) is 28.6 Å². The average molecular weight is 1010 g/mol. The summed E-state index contributed by atoms with van der Waals surface area (Å²) in [5.41, 5.74) is 4.18. The van der Waals surface area contributed by atoms with Crippen LogP contribution in [0.25, 0.3) is 11.2 Å². The SMILES string of the molecule is CO[C@@H]1O[C@@H]2CO[C@@](C)(C(=O)SCCNC(=O)CCNC(=O)C(O)C(C)(C)COP(=O)(O)OP(=O)(O)OCC3OC(n4cnc5c(N)ncnc54)C(O)C3OP(=O)(O)O)O[C@@H]2[C@H](O)[C@H]1O. The van der Waals surface area contributed by atoms with Crippen LogP contribution in [0.2, 0.25) is 0 Å². The van der Waals surface area contributed by atoms with E-state index in [4.69, 9.17) is 38.5 Å². The van der Waals surface area contributed by atoms with Crippen molar-refractivity contribution in [2.24, 2.45) is 5.41 Å². The maximum absolute atomic E-state index is 12.9. The molecule has 34 heteroatoms. The van der Waals surface area contributed by atoms with Crippen LogP contribution in [-0.4, -0.2) is 183 Å². The molecule has 5 rings (SSSR count). The number of hydrogen-bond donors (Lipinski definition) is 11. The van der Waals surface area contributed by atoms with Crippen molar-refractivity contribution in [2.75, 3.05) is 51.5 Å². The molecule has 7 unspecified atom stereocenters. The van der Waals surface area contributed by atoms with Crippen LogP contribution >= 0.6 is 35.2 Å². The first-order chi connectivity index (χ1) is 30.2. The third-order valence-corrected chi connectivity index (χ3v) is 14.0. The quantitative estimate of drug-likeness (QED) is 0.0435. The fraction of sp³-hybridized carbons (Fsp3) is 0.742. The Morgan fingerprint density at radius 1 is 1.02 bits per heavy atom. The number of phosphoric ester groups is 3. The number of rotatable bonds is 21. The number of aliphatic hydroxyl groups is 4. The van der Waals surface area contributed by atoms with E-state index in [1.165, 1.54) is 27.9 Å². The Hall–Kier alpha value is -2.68. The van der Waals surface area contributed by atoms with Crippen LogP contribution in [0.1, 0.15) is 33.4 Å². The van der Waals surface area contributed by atoms with Crippen molar-refractivity contribution in [1.29, 1.82) is 0 Å². The highest BCUT2D eigenvalue weighted by molar-refractivity contribution is 8.13. The molecule has 13 atom stereocenters. The van der Waals surface area contributed by atoms with Crippen molar-refractivity contribution in [1.82, 2.24) is 30.2 Å². The van der Waals surface area contributed by atoms with Crippen LogP contribution < -0.4 is 16.4 Å². The zero-order valence-electron chi connectivity index (χ0n) is 34.7. The molecular weight excluding hydrogens is 963 g/mol. The van der Waals surface area contributed by atoms with Crippen molar-refractivity contribution in [3.63, 3.8) is 0 Å². The summed E-state index contributed by atoms with van der Waals surface area (Å²) < 4.78 is 84.1. The molecule has 5 heterocycles. The molecule has 3 aliphatic rings. The van der Waals surface area contributed by atoms with Gasteiger partial charge in [-0.3, -0.25) is 32.5 Å². The van der Waals surface area contributed by atoms with Gasteiger partial charge in [-0.2, -0.15) is 4.31 Å². The lowest BCUT2D eigenvalue weighted by atomic mass is 9.87. The zero-order valence-corrected chi connectivity index (χ0v) is 38.2. The van der Waals surface area contributed by atoms with Crippen LogP contribution in [0.4, 0.5) is 5.82 Å². The third kappa shape index (κ3) is 13.5. The molecule has 30 nitrogen and oxygen atoms in total. The van der Waals surface area contributed by atoms with E-state index >= 15 is 0 Å². The van der Waals surface area contributed by atoms with Crippen molar-refractivity contribution in [3.05, 3.63) is 12.7 Å². The number of imidazole rings is 1. The first-order valence-corrected chi connectivity index (χ1v) is 24.6. The summed E-state index contributed by atoms with van der Waals surface area (Å²) in [7, 11) is -15.2. The van der Waals surface area contributed by atoms with E-state index in [1.807, 2.05) is 0 Å². The molecule has 0 aliphatic carbocycles. The Bertz CT molecular complexity index is 2170. The molecule has 12 N–H and O–H groups in total. The number of nitrogens with one attached hydrogen (secondary N) is 2. The number of ether oxygens (including phenoxy) is 5. The van der Waals surface area contributed by atoms with Crippen molar-refractivity contribution in [3.8, 4) is 0 Å². The molecule has 0 bridgehead atoms. The second-order valence-corrected chi connectivity index (χ2v) is 20.6. The number of aliphatic hydroxyl groups excluding tert-OH is 4. The Balaban J connectivity index is 1.02. The van der Waals surface area contributed by atoms with Crippen LogP contribution in [0, 0.1) is 5.41 Å². The summed E-state index contributed by atoms with van der Waals surface area (Å²) in [4.78, 5) is 89.1. The molecule has 0 radical (unpaired) electrons. The van der Waals surface area contributed by atoms with Gasteiger partial charge in [-0.15, -0.1) is 0 Å². The summed E-state index contributed by atoms with van der Waals surface area (Å²) in [6.45, 7) is 1.25. The Morgan fingerprint density at radius 3 is 2.38 bits per heavy atom. The zero-order chi connectivity index (χ0) is 48.3. The van der Waals surface area contributed by atoms with Gasteiger partial charge in [-0.05, 0) is 6.92 Å². The van der Waals surface area contributed by atoms with E-state index in [9.17, 15) is 68.1 Å². The molecule has 3 aliphatic heterocycles. The number of anilines is 1. The minimum absolute atomic E-state index is 0.00672. The smallest absolute Gasteiger partial charge is 0.387 e. The topological polar surface area (TPSA) is 441 Å². The van der Waals surface area contributed by atoms with Gasteiger partial charge in [0.1, 0.15) is 60.7 Å². The van der Waals surface area contributed by atoms with Gasteiger partial charge >= 0.3 is 23.5 Å². The number of carbonyl (C=O) groups excluding carboxylic acids is 3. The minimum atomic E-state index is -5.61. The van der Waals surface area contributed by atoms with Crippen LogP contribution in [0.5, 0.6) is 0 Å². The average Bonchev–Trinajstić information content (AvgIpc) is 3.78. The molecule has 0 saturated carbocycles. The molecule has 2 aromatic rings. The maximum atomic E-state index is 12.9. The predicted molar refractivity (Wildman–Crippen MR) is 214 cm³/mol. The monoisotopic (exact) mass is 1010 g/mol. The van der Waals surface area contributed by atoms with E-state index in [0.29, 0.717) is 0 Å². The van der Waals surface area contributed by atoms with Crippen LogP contribution in [-0.2, 0) is 69.6 Å². The second-order valence-electron chi connectivity index (χ2n) is 15.3. The molecular formula is C31H50N7O23P3S. The lowest BCUT2D eigenvalue weighted by molar-refractivity contribution is -0.371. The number of hydrogen-bond acceptors (Lipinski definition) is 24. The first-order valence-electron chi connectivity index (χ1n) is 19.1. The largest absolute Gasteiger partial charge is 0.481 e. The number of carbonyl (C=O) groups is 3. The highest BCUT2D eigenvalue weighted by Gasteiger charge is 2.54. The molecule has 3 saturated heterocycles. The van der Waals surface area contributed by atoms with Gasteiger partial charge in [0.05, 0.1) is 26.1 Å². The first kappa shape index (κ1) is 53.3. The van der Waals surface area contributed by atoms with E-state index in [2.05, 4.69) is 34.4 Å². The summed E-state index contributed by atoms with van der Waals surface area (Å²) >= 11 is 0.762. The van der Waals surface area contributed by atoms with Gasteiger partial charge in [0.15, 0.2) is 24.0 Å². The number of methoxy groups -OCH3 is 1. The van der Waals surface area contributed by atoms with Gasteiger partial charge in [0.2, 0.25) is 22.7 Å². The van der Waals surface area contributed by atoms with Crippen molar-refractivity contribution < 1.29 is 110 Å². The van der Waals surface area contributed by atoms with E-state index in [1.54, 1.807) is 0 Å². The second kappa shape index (κ2) is 21.3. The number of nitrogens with two attached hydrogens (primary N) is 1. The lowest BCUT2D eigenvalue weighted by Gasteiger charge is -2.48. The normalized spacial score (nSPS) is 30.8.